The number of hydrogen-bond acceptors (Lipinski definition) is 3. The lowest BCUT2D eigenvalue weighted by molar-refractivity contribution is -0.143. The lowest BCUT2D eigenvalue weighted by Crippen LogP contribution is -2.21. The van der Waals surface area contributed by atoms with Gasteiger partial charge in [-0.1, -0.05) is 19.0 Å². The van der Waals surface area contributed by atoms with Crippen LogP contribution in [0.3, 0.4) is 0 Å². The Hall–Kier alpha value is -1.32. The van der Waals surface area contributed by atoms with Crippen LogP contribution in [-0.2, 0) is 11.2 Å². The molecule has 0 spiro atoms. The minimum absolute atomic E-state index is 0.118. The van der Waals surface area contributed by atoms with E-state index in [4.69, 9.17) is 5.11 Å². The highest BCUT2D eigenvalue weighted by molar-refractivity contribution is 5.70. The van der Waals surface area contributed by atoms with Crippen LogP contribution in [0.4, 0.5) is 0 Å². The molecule has 4 heteroatoms. The van der Waals surface area contributed by atoms with E-state index < -0.39 is 5.97 Å². The van der Waals surface area contributed by atoms with Crippen LogP contribution < -0.4 is 0 Å². The molecule has 4 nitrogen and oxygen atoms in total. The van der Waals surface area contributed by atoms with Crippen LogP contribution in [0.1, 0.15) is 19.4 Å². The molecular formula is C9H13NO3. The Morgan fingerprint density at radius 2 is 2.38 bits per heavy atom. The summed E-state index contributed by atoms with van der Waals surface area (Å²) in [6.07, 6.45) is 3.52. The molecule has 0 bridgehead atoms. The Balaban J connectivity index is 2.63. The zero-order valence-corrected chi connectivity index (χ0v) is 7.73. The Kier molecular flexibility index (Phi) is 3.06. The third-order valence-electron chi connectivity index (χ3n) is 2.06. The SMILES string of the molecule is CC(C)C(Cc1cnoc1)C(=O)O. The van der Waals surface area contributed by atoms with Gasteiger partial charge in [-0.3, -0.25) is 4.79 Å². The molecule has 0 saturated carbocycles. The molecule has 0 fully saturated rings. The largest absolute Gasteiger partial charge is 0.481 e. The first-order chi connectivity index (χ1) is 6.11. The van der Waals surface area contributed by atoms with Crippen LogP contribution in [0.2, 0.25) is 0 Å². The smallest absolute Gasteiger partial charge is 0.307 e. The normalized spacial score (nSPS) is 13.2. The molecule has 0 aliphatic carbocycles. The number of aromatic nitrogens is 1. The molecule has 1 rings (SSSR count). The van der Waals surface area contributed by atoms with Crippen LogP contribution in [0.15, 0.2) is 17.0 Å². The molecule has 0 saturated heterocycles. The Bertz CT molecular complexity index is 266. The maximum Gasteiger partial charge on any atom is 0.307 e. The van der Waals surface area contributed by atoms with Crippen molar-refractivity contribution in [2.75, 3.05) is 0 Å². The first-order valence-electron chi connectivity index (χ1n) is 4.22. The van der Waals surface area contributed by atoms with E-state index in [1.807, 2.05) is 13.8 Å². The van der Waals surface area contributed by atoms with Crippen LogP contribution in [0, 0.1) is 11.8 Å². The quantitative estimate of drug-likeness (QED) is 0.769. The van der Waals surface area contributed by atoms with E-state index in [0.29, 0.717) is 6.42 Å². The van der Waals surface area contributed by atoms with Gasteiger partial charge in [0.2, 0.25) is 0 Å². The maximum atomic E-state index is 10.8. The van der Waals surface area contributed by atoms with Gasteiger partial charge in [-0.05, 0) is 12.3 Å². The van der Waals surface area contributed by atoms with E-state index in [0.717, 1.165) is 5.56 Å². The second-order valence-corrected chi connectivity index (χ2v) is 3.43. The van der Waals surface area contributed by atoms with Crippen LogP contribution in [0.5, 0.6) is 0 Å². The van der Waals surface area contributed by atoms with Crippen LogP contribution in [0.25, 0.3) is 0 Å². The molecule has 72 valence electrons. The van der Waals surface area contributed by atoms with Crippen molar-refractivity contribution >= 4 is 5.97 Å². The molecule has 1 heterocycles. The first-order valence-corrected chi connectivity index (χ1v) is 4.22. The Morgan fingerprint density at radius 1 is 1.69 bits per heavy atom. The number of carboxylic acids is 1. The van der Waals surface area contributed by atoms with Gasteiger partial charge in [0.05, 0.1) is 12.1 Å². The summed E-state index contributed by atoms with van der Waals surface area (Å²) in [5.41, 5.74) is 0.834. The summed E-state index contributed by atoms with van der Waals surface area (Å²) < 4.78 is 4.63. The lowest BCUT2D eigenvalue weighted by atomic mass is 9.90. The molecule has 0 amide bonds. The number of aliphatic carboxylic acids is 1. The lowest BCUT2D eigenvalue weighted by Gasteiger charge is -2.14. The fraction of sp³-hybridized carbons (Fsp3) is 0.556. The van der Waals surface area contributed by atoms with Gasteiger partial charge in [-0.15, -0.1) is 0 Å². The maximum absolute atomic E-state index is 10.8. The molecule has 1 unspecified atom stereocenters. The Morgan fingerprint density at radius 3 is 2.77 bits per heavy atom. The van der Waals surface area contributed by atoms with Crippen LogP contribution >= 0.6 is 0 Å². The van der Waals surface area contributed by atoms with E-state index in [2.05, 4.69) is 9.68 Å². The standard InChI is InChI=1S/C9H13NO3/c1-6(2)8(9(11)12)3-7-4-10-13-5-7/h4-6,8H,3H2,1-2H3,(H,11,12). The van der Waals surface area contributed by atoms with Gasteiger partial charge in [-0.2, -0.15) is 0 Å². The number of nitrogens with zero attached hydrogens (tertiary/aromatic N) is 1. The van der Waals surface area contributed by atoms with Gasteiger partial charge in [0.15, 0.2) is 0 Å². The number of hydrogen-bond donors (Lipinski definition) is 1. The van der Waals surface area contributed by atoms with Crippen molar-refractivity contribution in [3.05, 3.63) is 18.0 Å². The first kappa shape index (κ1) is 9.77. The molecule has 0 aliphatic rings. The van der Waals surface area contributed by atoms with Gasteiger partial charge in [0, 0.05) is 5.56 Å². The van der Waals surface area contributed by atoms with Crippen molar-refractivity contribution in [2.45, 2.75) is 20.3 Å². The zero-order valence-electron chi connectivity index (χ0n) is 7.73. The highest BCUT2D eigenvalue weighted by Gasteiger charge is 2.22. The van der Waals surface area contributed by atoms with Crippen molar-refractivity contribution in [1.29, 1.82) is 0 Å². The average Bonchev–Trinajstić information content (AvgIpc) is 2.50. The molecule has 13 heavy (non-hydrogen) atoms. The summed E-state index contributed by atoms with van der Waals surface area (Å²) in [6.45, 7) is 3.79. The summed E-state index contributed by atoms with van der Waals surface area (Å²) in [7, 11) is 0. The summed E-state index contributed by atoms with van der Waals surface area (Å²) in [4.78, 5) is 10.8. The van der Waals surface area contributed by atoms with Crippen molar-refractivity contribution in [3.8, 4) is 0 Å². The number of carbonyl (C=O) groups is 1. The molecule has 1 aromatic rings. The molecule has 1 aromatic heterocycles. The summed E-state index contributed by atoms with van der Waals surface area (Å²) in [5, 5.41) is 12.4. The highest BCUT2D eigenvalue weighted by Crippen LogP contribution is 2.16. The number of rotatable bonds is 4. The fourth-order valence-electron chi connectivity index (χ4n) is 1.19. The van der Waals surface area contributed by atoms with Gasteiger partial charge in [-0.25, -0.2) is 0 Å². The molecular weight excluding hydrogens is 170 g/mol. The van der Waals surface area contributed by atoms with E-state index in [-0.39, 0.29) is 11.8 Å². The summed E-state index contributed by atoms with van der Waals surface area (Å²) in [6, 6.07) is 0. The fourth-order valence-corrected chi connectivity index (χ4v) is 1.19. The third kappa shape index (κ3) is 2.57. The zero-order chi connectivity index (χ0) is 9.84. The van der Waals surface area contributed by atoms with E-state index >= 15 is 0 Å². The predicted molar refractivity (Wildman–Crippen MR) is 46.2 cm³/mol. The van der Waals surface area contributed by atoms with E-state index in [9.17, 15) is 4.79 Å². The second kappa shape index (κ2) is 4.07. The number of carboxylic acid groups (broad SMARTS) is 1. The van der Waals surface area contributed by atoms with Crippen molar-refractivity contribution in [2.24, 2.45) is 11.8 Å². The van der Waals surface area contributed by atoms with E-state index in [1.165, 1.54) is 6.26 Å². The summed E-state index contributed by atoms with van der Waals surface area (Å²) in [5.74, 6) is -1.01. The Labute approximate surface area is 76.5 Å². The van der Waals surface area contributed by atoms with Gasteiger partial charge in [0.25, 0.3) is 0 Å². The second-order valence-electron chi connectivity index (χ2n) is 3.43. The predicted octanol–water partition coefficient (Wildman–Crippen LogP) is 1.57. The third-order valence-corrected chi connectivity index (χ3v) is 2.06. The van der Waals surface area contributed by atoms with Crippen LogP contribution in [-0.4, -0.2) is 16.2 Å². The van der Waals surface area contributed by atoms with E-state index in [1.54, 1.807) is 6.20 Å². The van der Waals surface area contributed by atoms with Gasteiger partial charge >= 0.3 is 5.97 Å². The molecule has 0 radical (unpaired) electrons. The highest BCUT2D eigenvalue weighted by atomic mass is 16.5. The molecule has 1 atom stereocenters. The van der Waals surface area contributed by atoms with Crippen molar-refractivity contribution in [3.63, 3.8) is 0 Å². The summed E-state index contributed by atoms with van der Waals surface area (Å²) >= 11 is 0. The minimum Gasteiger partial charge on any atom is -0.481 e. The molecule has 1 N–H and O–H groups in total. The van der Waals surface area contributed by atoms with Crippen molar-refractivity contribution < 1.29 is 14.4 Å². The molecule has 0 aromatic carbocycles. The topological polar surface area (TPSA) is 63.3 Å². The average molecular weight is 183 g/mol. The van der Waals surface area contributed by atoms with Gasteiger partial charge in [0.1, 0.15) is 6.26 Å². The van der Waals surface area contributed by atoms with Crippen molar-refractivity contribution in [1.82, 2.24) is 5.16 Å². The minimum atomic E-state index is -0.767. The van der Waals surface area contributed by atoms with Gasteiger partial charge < -0.3 is 9.63 Å². The monoisotopic (exact) mass is 183 g/mol. The molecule has 0 aliphatic heterocycles.